The molecule has 0 fully saturated rings. The number of hydrogen-bond acceptors (Lipinski definition) is 3. The molecular formula is C17H18BrN3O. The molecule has 22 heavy (non-hydrogen) atoms. The Morgan fingerprint density at radius 3 is 2.45 bits per heavy atom. The molecule has 0 unspecified atom stereocenters. The van der Waals surface area contributed by atoms with Crippen LogP contribution in [-0.4, -0.2) is 16.6 Å². The van der Waals surface area contributed by atoms with Crippen LogP contribution >= 0.6 is 15.9 Å². The van der Waals surface area contributed by atoms with Crippen molar-refractivity contribution >= 4 is 27.5 Å². The van der Waals surface area contributed by atoms with Gasteiger partial charge in [0.1, 0.15) is 0 Å². The van der Waals surface area contributed by atoms with Crippen molar-refractivity contribution in [3.05, 3.63) is 63.9 Å². The molecule has 2 rings (SSSR count). The molecule has 0 aliphatic carbocycles. The van der Waals surface area contributed by atoms with Crippen LogP contribution in [0.25, 0.3) is 0 Å². The van der Waals surface area contributed by atoms with Crippen molar-refractivity contribution in [1.29, 1.82) is 0 Å². The van der Waals surface area contributed by atoms with Gasteiger partial charge in [0.05, 0.1) is 11.3 Å². The number of nitrogens with one attached hydrogen (secondary N) is 1. The van der Waals surface area contributed by atoms with E-state index in [1.165, 1.54) is 11.8 Å². The van der Waals surface area contributed by atoms with Crippen molar-refractivity contribution in [1.82, 2.24) is 10.4 Å². The highest BCUT2D eigenvalue weighted by Crippen LogP contribution is 2.15. The van der Waals surface area contributed by atoms with E-state index in [4.69, 9.17) is 0 Å². The summed E-state index contributed by atoms with van der Waals surface area (Å²) >= 11 is 3.29. The first-order valence-corrected chi connectivity index (χ1v) is 7.82. The van der Waals surface area contributed by atoms with Gasteiger partial charge in [-0.1, -0.05) is 38.1 Å². The highest BCUT2D eigenvalue weighted by Gasteiger charge is 2.06. The summed E-state index contributed by atoms with van der Waals surface area (Å²) < 4.78 is 0.755. The molecule has 1 heterocycles. The molecule has 4 nitrogen and oxygen atoms in total. The number of aromatic nitrogens is 1. The number of halogens is 1. The van der Waals surface area contributed by atoms with Crippen molar-refractivity contribution in [2.24, 2.45) is 5.10 Å². The molecule has 1 N–H and O–H groups in total. The zero-order chi connectivity index (χ0) is 16.1. The van der Waals surface area contributed by atoms with Gasteiger partial charge >= 0.3 is 0 Å². The Kier molecular flexibility index (Phi) is 5.44. The Hall–Kier alpha value is -2.01. The maximum Gasteiger partial charge on any atom is 0.272 e. The molecule has 0 aliphatic rings. The van der Waals surface area contributed by atoms with Crippen molar-refractivity contribution in [2.75, 3.05) is 0 Å². The minimum absolute atomic E-state index is 0.285. The SMILES string of the molecule is C/C(=N\NC(=O)c1cncc(Br)c1)c1ccc(C(C)C)cc1. The Morgan fingerprint density at radius 1 is 1.18 bits per heavy atom. The summed E-state index contributed by atoms with van der Waals surface area (Å²) in [5.74, 6) is 0.210. The molecule has 1 aromatic carbocycles. The van der Waals surface area contributed by atoms with Crippen LogP contribution in [0.5, 0.6) is 0 Å². The van der Waals surface area contributed by atoms with Crippen LogP contribution in [0.3, 0.4) is 0 Å². The molecule has 114 valence electrons. The van der Waals surface area contributed by atoms with E-state index in [9.17, 15) is 4.79 Å². The maximum atomic E-state index is 12.0. The molecule has 0 radical (unpaired) electrons. The van der Waals surface area contributed by atoms with Gasteiger partial charge in [0, 0.05) is 16.9 Å². The van der Waals surface area contributed by atoms with Crippen LogP contribution < -0.4 is 5.43 Å². The van der Waals surface area contributed by atoms with Crippen LogP contribution in [0.1, 0.15) is 48.2 Å². The first kappa shape index (κ1) is 16.4. The molecule has 1 amide bonds. The van der Waals surface area contributed by atoms with Gasteiger partial charge in [-0.15, -0.1) is 0 Å². The summed E-state index contributed by atoms with van der Waals surface area (Å²) in [5, 5.41) is 4.15. The average Bonchev–Trinajstić information content (AvgIpc) is 2.52. The van der Waals surface area contributed by atoms with Gasteiger partial charge in [-0.25, -0.2) is 5.43 Å². The smallest absolute Gasteiger partial charge is 0.267 e. The Morgan fingerprint density at radius 2 is 1.86 bits per heavy atom. The monoisotopic (exact) mass is 359 g/mol. The molecule has 0 saturated heterocycles. The number of hydrazone groups is 1. The van der Waals surface area contributed by atoms with Gasteiger partial charge in [0.15, 0.2) is 0 Å². The molecule has 1 aromatic heterocycles. The van der Waals surface area contributed by atoms with Crippen LogP contribution in [-0.2, 0) is 0 Å². The second-order valence-corrected chi connectivity index (χ2v) is 6.22. The van der Waals surface area contributed by atoms with E-state index in [1.54, 1.807) is 12.3 Å². The fourth-order valence-corrected chi connectivity index (χ4v) is 2.27. The summed E-state index contributed by atoms with van der Waals surface area (Å²) in [7, 11) is 0. The van der Waals surface area contributed by atoms with E-state index in [0.717, 1.165) is 15.7 Å². The van der Waals surface area contributed by atoms with E-state index in [-0.39, 0.29) is 5.91 Å². The highest BCUT2D eigenvalue weighted by atomic mass is 79.9. The van der Waals surface area contributed by atoms with E-state index in [0.29, 0.717) is 11.5 Å². The largest absolute Gasteiger partial charge is 0.272 e. The number of pyridine rings is 1. The summed E-state index contributed by atoms with van der Waals surface area (Å²) in [6, 6.07) is 9.89. The van der Waals surface area contributed by atoms with Gasteiger partial charge in [0.2, 0.25) is 0 Å². The zero-order valence-electron chi connectivity index (χ0n) is 12.8. The van der Waals surface area contributed by atoms with Crippen molar-refractivity contribution in [3.63, 3.8) is 0 Å². The lowest BCUT2D eigenvalue weighted by Gasteiger charge is -2.07. The van der Waals surface area contributed by atoms with E-state index in [1.807, 2.05) is 19.1 Å². The van der Waals surface area contributed by atoms with Crippen molar-refractivity contribution < 1.29 is 4.79 Å². The van der Waals surface area contributed by atoms with Gasteiger partial charge < -0.3 is 0 Å². The number of carbonyl (C=O) groups excluding carboxylic acids is 1. The minimum atomic E-state index is -0.285. The summed E-state index contributed by atoms with van der Waals surface area (Å²) in [6.07, 6.45) is 3.13. The highest BCUT2D eigenvalue weighted by molar-refractivity contribution is 9.10. The van der Waals surface area contributed by atoms with E-state index < -0.39 is 0 Å². The van der Waals surface area contributed by atoms with Crippen LogP contribution in [0.15, 0.2) is 52.3 Å². The third-order valence-corrected chi connectivity index (χ3v) is 3.72. The van der Waals surface area contributed by atoms with Crippen LogP contribution in [0.2, 0.25) is 0 Å². The van der Waals surface area contributed by atoms with Crippen molar-refractivity contribution in [3.8, 4) is 0 Å². The third-order valence-electron chi connectivity index (χ3n) is 3.29. The first-order chi connectivity index (χ1) is 10.5. The lowest BCUT2D eigenvalue weighted by atomic mass is 10.0. The lowest BCUT2D eigenvalue weighted by Crippen LogP contribution is -2.19. The third kappa shape index (κ3) is 4.24. The van der Waals surface area contributed by atoms with Gasteiger partial charge in [0.25, 0.3) is 5.91 Å². The minimum Gasteiger partial charge on any atom is -0.267 e. The maximum absolute atomic E-state index is 12.0. The molecule has 0 saturated carbocycles. The van der Waals surface area contributed by atoms with Gasteiger partial charge in [-0.2, -0.15) is 5.10 Å². The quantitative estimate of drug-likeness (QED) is 0.659. The second kappa shape index (κ2) is 7.31. The van der Waals surface area contributed by atoms with E-state index >= 15 is 0 Å². The molecule has 5 heteroatoms. The number of nitrogens with zero attached hydrogens (tertiary/aromatic N) is 2. The summed E-state index contributed by atoms with van der Waals surface area (Å²) in [5.41, 5.74) is 6.03. The second-order valence-electron chi connectivity index (χ2n) is 5.31. The van der Waals surface area contributed by atoms with Gasteiger partial charge in [-0.05, 0) is 46.0 Å². The molecule has 0 atom stereocenters. The topological polar surface area (TPSA) is 54.4 Å². The first-order valence-electron chi connectivity index (χ1n) is 7.03. The number of benzene rings is 1. The molecular weight excluding hydrogens is 342 g/mol. The Bertz CT molecular complexity index is 693. The standard InChI is InChI=1S/C17H18BrN3O/c1-11(2)13-4-6-14(7-5-13)12(3)20-21-17(22)15-8-16(18)10-19-9-15/h4-11H,1-3H3,(H,21,22)/b20-12+. The fourth-order valence-electron chi connectivity index (χ4n) is 1.91. The number of rotatable bonds is 4. The Labute approximate surface area is 138 Å². The molecule has 0 aliphatic heterocycles. The zero-order valence-corrected chi connectivity index (χ0v) is 14.4. The van der Waals surface area contributed by atoms with Gasteiger partial charge in [-0.3, -0.25) is 9.78 Å². The summed E-state index contributed by atoms with van der Waals surface area (Å²) in [4.78, 5) is 16.0. The normalized spacial score (nSPS) is 11.6. The fraction of sp³-hybridized carbons (Fsp3) is 0.235. The van der Waals surface area contributed by atoms with Crippen LogP contribution in [0.4, 0.5) is 0 Å². The lowest BCUT2D eigenvalue weighted by molar-refractivity contribution is 0.0954. The average molecular weight is 360 g/mol. The van der Waals surface area contributed by atoms with Crippen molar-refractivity contribution in [2.45, 2.75) is 26.7 Å². The molecule has 2 aromatic rings. The molecule has 0 spiro atoms. The predicted octanol–water partition coefficient (Wildman–Crippen LogP) is 4.12. The number of hydrogen-bond donors (Lipinski definition) is 1. The summed E-state index contributed by atoms with van der Waals surface area (Å²) in [6.45, 7) is 6.17. The van der Waals surface area contributed by atoms with E-state index in [2.05, 4.69) is 57.4 Å². The number of carbonyl (C=O) groups is 1. The molecule has 0 bridgehead atoms. The Balaban J connectivity index is 2.07. The van der Waals surface area contributed by atoms with Crippen LogP contribution in [0, 0.1) is 0 Å². The predicted molar refractivity (Wildman–Crippen MR) is 92.1 cm³/mol. The number of amides is 1.